The van der Waals surface area contributed by atoms with E-state index in [9.17, 15) is 22.0 Å². The number of nitrogen functional groups attached to an aromatic ring is 1. The highest BCUT2D eigenvalue weighted by Crippen LogP contribution is 2.33. The summed E-state index contributed by atoms with van der Waals surface area (Å²) in [6.45, 7) is 0. The number of nitrogens with zero attached hydrogens (tertiary/aromatic N) is 2. The van der Waals surface area contributed by atoms with Crippen molar-refractivity contribution in [2.45, 2.75) is 12.8 Å². The normalized spacial score (nSPS) is 11.4. The number of hydrogen-bond donors (Lipinski definition) is 1. The van der Waals surface area contributed by atoms with Crippen LogP contribution in [-0.4, -0.2) is 11.3 Å². The number of nitrogens with two attached hydrogens (primary N) is 1. The molecule has 1 heterocycles. The Labute approximate surface area is 91.4 Å². The number of nitriles is 1. The molecular weight excluding hydrogens is 249 g/mol. The number of rotatable bonds is 2. The summed E-state index contributed by atoms with van der Waals surface area (Å²) in [5, 5.41) is 8.55. The largest absolute Gasteiger partial charge is 0.573 e. The van der Waals surface area contributed by atoms with Crippen LogP contribution in [0.2, 0.25) is 0 Å². The van der Waals surface area contributed by atoms with Crippen LogP contribution in [0, 0.1) is 11.3 Å². The van der Waals surface area contributed by atoms with Crippen molar-refractivity contribution >= 4 is 5.69 Å². The zero-order valence-corrected chi connectivity index (χ0v) is 7.92. The first-order valence-electron chi connectivity index (χ1n) is 3.98. The highest BCUT2D eigenvalue weighted by Gasteiger charge is 2.33. The summed E-state index contributed by atoms with van der Waals surface area (Å²) in [5.74, 6) is -1.01. The van der Waals surface area contributed by atoms with E-state index in [0.29, 0.717) is 6.20 Å². The molecule has 0 aromatic carbocycles. The Morgan fingerprint density at radius 3 is 2.41 bits per heavy atom. The van der Waals surface area contributed by atoms with Crippen molar-refractivity contribution in [3.63, 3.8) is 0 Å². The molecule has 1 aromatic rings. The summed E-state index contributed by atoms with van der Waals surface area (Å²) in [7, 11) is 0. The van der Waals surface area contributed by atoms with E-state index in [1.54, 1.807) is 0 Å². The lowest BCUT2D eigenvalue weighted by atomic mass is 10.2. The Bertz CT molecular complexity index is 465. The third kappa shape index (κ3) is 2.93. The number of anilines is 1. The van der Waals surface area contributed by atoms with Crippen LogP contribution in [0.5, 0.6) is 5.75 Å². The van der Waals surface area contributed by atoms with Crippen LogP contribution in [0.1, 0.15) is 17.7 Å². The molecule has 0 fully saturated rings. The van der Waals surface area contributed by atoms with E-state index < -0.39 is 35.5 Å². The number of halogens is 5. The van der Waals surface area contributed by atoms with Gasteiger partial charge in [0.2, 0.25) is 0 Å². The fourth-order valence-corrected chi connectivity index (χ4v) is 1.01. The molecule has 0 unspecified atom stereocenters. The third-order valence-corrected chi connectivity index (χ3v) is 1.66. The number of pyridine rings is 1. The van der Waals surface area contributed by atoms with Crippen LogP contribution in [0.4, 0.5) is 27.6 Å². The maximum absolute atomic E-state index is 12.3. The molecule has 0 saturated carbocycles. The third-order valence-electron chi connectivity index (χ3n) is 1.66. The fourth-order valence-electron chi connectivity index (χ4n) is 1.01. The van der Waals surface area contributed by atoms with Crippen LogP contribution in [0.15, 0.2) is 6.20 Å². The average Bonchev–Trinajstić information content (AvgIpc) is 2.15. The van der Waals surface area contributed by atoms with Crippen molar-refractivity contribution in [3.05, 3.63) is 17.5 Å². The van der Waals surface area contributed by atoms with Gasteiger partial charge in [0, 0.05) is 0 Å². The molecule has 1 aromatic heterocycles. The molecular formula is C8H4F5N3O. The molecule has 0 radical (unpaired) electrons. The van der Waals surface area contributed by atoms with Crippen molar-refractivity contribution in [1.82, 2.24) is 4.98 Å². The second-order valence-corrected chi connectivity index (χ2v) is 2.76. The van der Waals surface area contributed by atoms with E-state index in [0.717, 1.165) is 0 Å². The molecule has 1 rings (SSSR count). The smallest absolute Gasteiger partial charge is 0.403 e. The Morgan fingerprint density at radius 2 is 2.00 bits per heavy atom. The van der Waals surface area contributed by atoms with Gasteiger partial charge in [-0.15, -0.1) is 13.2 Å². The topological polar surface area (TPSA) is 71.9 Å². The minimum Gasteiger partial charge on any atom is -0.403 e. The minimum absolute atomic E-state index is 0.379. The first kappa shape index (κ1) is 13.0. The lowest BCUT2D eigenvalue weighted by Crippen LogP contribution is -2.19. The standard InChI is InChI=1S/C8H4F5N3O/c9-7(10)6-5(15)3(1-14)4(2-16-6)17-8(11,12)13/h2,7H,15H2. The van der Waals surface area contributed by atoms with Gasteiger partial charge in [0.05, 0.1) is 11.9 Å². The second-order valence-electron chi connectivity index (χ2n) is 2.76. The van der Waals surface area contributed by atoms with E-state index in [-0.39, 0.29) is 0 Å². The van der Waals surface area contributed by atoms with Gasteiger partial charge in [-0.1, -0.05) is 0 Å². The zero-order valence-electron chi connectivity index (χ0n) is 7.92. The van der Waals surface area contributed by atoms with E-state index >= 15 is 0 Å². The number of alkyl halides is 5. The molecule has 4 nitrogen and oxygen atoms in total. The number of hydrogen-bond acceptors (Lipinski definition) is 4. The summed E-state index contributed by atoms with van der Waals surface area (Å²) in [5.41, 5.74) is 2.48. The van der Waals surface area contributed by atoms with Crippen molar-refractivity contribution in [2.75, 3.05) is 5.73 Å². The summed E-state index contributed by atoms with van der Waals surface area (Å²) >= 11 is 0. The van der Waals surface area contributed by atoms with Gasteiger partial charge in [-0.05, 0) is 0 Å². The van der Waals surface area contributed by atoms with Gasteiger partial charge >= 0.3 is 6.36 Å². The molecule has 0 amide bonds. The molecule has 9 heteroatoms. The van der Waals surface area contributed by atoms with E-state index in [4.69, 9.17) is 11.0 Å². The molecule has 0 saturated heterocycles. The lowest BCUT2D eigenvalue weighted by molar-refractivity contribution is -0.274. The van der Waals surface area contributed by atoms with Gasteiger partial charge in [0.1, 0.15) is 17.3 Å². The minimum atomic E-state index is -5.06. The zero-order chi connectivity index (χ0) is 13.2. The molecule has 2 N–H and O–H groups in total. The maximum atomic E-state index is 12.3. The Morgan fingerprint density at radius 1 is 1.41 bits per heavy atom. The number of ether oxygens (including phenoxy) is 1. The van der Waals surface area contributed by atoms with Crippen molar-refractivity contribution in [1.29, 1.82) is 5.26 Å². The van der Waals surface area contributed by atoms with Gasteiger partial charge in [-0.25, -0.2) is 13.8 Å². The average molecular weight is 253 g/mol. The summed E-state index contributed by atoms with van der Waals surface area (Å²) in [6.07, 6.45) is -7.78. The molecule has 17 heavy (non-hydrogen) atoms. The highest BCUT2D eigenvalue weighted by molar-refractivity contribution is 5.63. The predicted molar refractivity (Wildman–Crippen MR) is 45.0 cm³/mol. The van der Waals surface area contributed by atoms with Crippen molar-refractivity contribution in [3.8, 4) is 11.8 Å². The number of aromatic nitrogens is 1. The second kappa shape index (κ2) is 4.40. The predicted octanol–water partition coefficient (Wildman–Crippen LogP) is 2.37. The van der Waals surface area contributed by atoms with Crippen LogP contribution < -0.4 is 10.5 Å². The Hall–Kier alpha value is -2.11. The highest BCUT2D eigenvalue weighted by atomic mass is 19.4. The van der Waals surface area contributed by atoms with Crippen LogP contribution >= 0.6 is 0 Å². The van der Waals surface area contributed by atoms with Gasteiger partial charge in [-0.2, -0.15) is 5.26 Å². The molecule has 0 aliphatic carbocycles. The van der Waals surface area contributed by atoms with Crippen molar-refractivity contribution < 1.29 is 26.7 Å². The van der Waals surface area contributed by atoms with Crippen molar-refractivity contribution in [2.24, 2.45) is 0 Å². The monoisotopic (exact) mass is 253 g/mol. The van der Waals surface area contributed by atoms with Gasteiger partial charge < -0.3 is 10.5 Å². The van der Waals surface area contributed by atoms with Gasteiger partial charge in [0.25, 0.3) is 6.43 Å². The Balaban J connectivity index is 3.28. The Kier molecular flexibility index (Phi) is 3.36. The van der Waals surface area contributed by atoms with E-state index in [1.807, 2.05) is 0 Å². The van der Waals surface area contributed by atoms with Crippen LogP contribution in [-0.2, 0) is 0 Å². The maximum Gasteiger partial charge on any atom is 0.573 e. The fraction of sp³-hybridized carbons (Fsp3) is 0.250. The lowest BCUT2D eigenvalue weighted by Gasteiger charge is -2.12. The quantitative estimate of drug-likeness (QED) is 0.821. The van der Waals surface area contributed by atoms with E-state index in [2.05, 4.69) is 9.72 Å². The molecule has 92 valence electrons. The molecule has 0 atom stereocenters. The SMILES string of the molecule is N#Cc1c(OC(F)(F)F)cnc(C(F)F)c1N. The summed E-state index contributed by atoms with van der Waals surface area (Å²) < 4.78 is 63.7. The van der Waals surface area contributed by atoms with E-state index in [1.165, 1.54) is 6.07 Å². The summed E-state index contributed by atoms with van der Waals surface area (Å²) in [6, 6.07) is 1.26. The van der Waals surface area contributed by atoms with Gasteiger partial charge in [0.15, 0.2) is 5.75 Å². The summed E-state index contributed by atoms with van der Waals surface area (Å²) in [4.78, 5) is 3.02. The molecule has 0 spiro atoms. The first-order valence-corrected chi connectivity index (χ1v) is 3.98. The molecule has 0 aliphatic heterocycles. The molecule has 0 aliphatic rings. The van der Waals surface area contributed by atoms with Crippen LogP contribution in [0.3, 0.4) is 0 Å². The van der Waals surface area contributed by atoms with Gasteiger partial charge in [-0.3, -0.25) is 0 Å². The molecule has 0 bridgehead atoms. The van der Waals surface area contributed by atoms with Crippen LogP contribution in [0.25, 0.3) is 0 Å². The first-order chi connectivity index (χ1) is 7.76.